The van der Waals surface area contributed by atoms with Gasteiger partial charge in [-0.3, -0.25) is 19.7 Å². The average Bonchev–Trinajstić information content (AvgIpc) is 3.23. The van der Waals surface area contributed by atoms with Gasteiger partial charge in [-0.15, -0.1) is 6.58 Å². The summed E-state index contributed by atoms with van der Waals surface area (Å²) in [7, 11) is 0. The van der Waals surface area contributed by atoms with E-state index in [1.54, 1.807) is 6.08 Å². The molecule has 4 heterocycles. The molecule has 204 valence electrons. The molecule has 4 aliphatic heterocycles. The van der Waals surface area contributed by atoms with Crippen LogP contribution in [-0.4, -0.2) is 34.9 Å². The second-order valence-electron chi connectivity index (χ2n) is 14.0. The Hall–Kier alpha value is -2.47. The van der Waals surface area contributed by atoms with Gasteiger partial charge in [0.1, 0.15) is 17.8 Å². The van der Waals surface area contributed by atoms with Gasteiger partial charge in [-0.25, -0.2) is 0 Å². The highest BCUT2D eigenvalue weighted by molar-refractivity contribution is 6.16. The van der Waals surface area contributed by atoms with E-state index in [-0.39, 0.29) is 41.0 Å². The molecule has 2 bridgehead atoms. The molecular weight excluding hydrogens is 478 g/mol. The molecule has 2 amide bonds. The van der Waals surface area contributed by atoms with Crippen LogP contribution in [0.3, 0.4) is 0 Å². The fourth-order valence-corrected chi connectivity index (χ4v) is 10.3. The number of hydrogen-bond donors (Lipinski definition) is 1. The number of fused-ring (bicyclic) bond motifs is 4. The second-order valence-corrected chi connectivity index (χ2v) is 14.0. The van der Waals surface area contributed by atoms with Crippen molar-refractivity contribution in [3.05, 3.63) is 42.5 Å². The maximum Gasteiger partial charge on any atom is 0.237 e. The Labute approximate surface area is 225 Å². The van der Waals surface area contributed by atoms with Crippen molar-refractivity contribution in [1.82, 2.24) is 5.32 Å². The molecule has 1 aromatic carbocycles. The van der Waals surface area contributed by atoms with Crippen molar-refractivity contribution in [3.8, 4) is 5.75 Å². The van der Waals surface area contributed by atoms with Crippen LogP contribution < -0.4 is 10.1 Å². The number of amides is 2. The van der Waals surface area contributed by atoms with Gasteiger partial charge < -0.3 is 9.47 Å². The summed E-state index contributed by atoms with van der Waals surface area (Å²) < 4.78 is 13.9. The van der Waals surface area contributed by atoms with Crippen molar-refractivity contribution in [2.45, 2.75) is 78.1 Å². The molecule has 0 radical (unpaired) electrons. The summed E-state index contributed by atoms with van der Waals surface area (Å²) >= 11 is 0. The fraction of sp³-hybridized carbons (Fsp3) is 0.656. The molecule has 1 aromatic rings. The van der Waals surface area contributed by atoms with E-state index < -0.39 is 34.9 Å². The first kappa shape index (κ1) is 25.8. The van der Waals surface area contributed by atoms with Crippen LogP contribution in [0.25, 0.3) is 0 Å². The van der Waals surface area contributed by atoms with E-state index in [0.29, 0.717) is 18.3 Å². The molecule has 10 unspecified atom stereocenters. The van der Waals surface area contributed by atoms with Crippen LogP contribution in [0.5, 0.6) is 5.75 Å². The van der Waals surface area contributed by atoms with Gasteiger partial charge in [0.2, 0.25) is 11.8 Å². The van der Waals surface area contributed by atoms with Crippen LogP contribution in [0, 0.1) is 52.8 Å². The summed E-state index contributed by atoms with van der Waals surface area (Å²) in [6.45, 7) is 17.4. The number of ketones is 1. The van der Waals surface area contributed by atoms with Gasteiger partial charge in [0, 0.05) is 17.8 Å². The first-order chi connectivity index (χ1) is 17.8. The third-order valence-electron chi connectivity index (χ3n) is 10.9. The zero-order chi connectivity index (χ0) is 27.4. The van der Waals surface area contributed by atoms with Crippen LogP contribution in [0.1, 0.15) is 59.9 Å². The summed E-state index contributed by atoms with van der Waals surface area (Å²) in [5.41, 5.74) is -0.779. The first-order valence-electron chi connectivity index (χ1n) is 14.3. The van der Waals surface area contributed by atoms with Crippen molar-refractivity contribution in [2.24, 2.45) is 52.8 Å². The van der Waals surface area contributed by atoms with Crippen LogP contribution in [0.4, 0.5) is 0 Å². The lowest BCUT2D eigenvalue weighted by Crippen LogP contribution is -2.64. The van der Waals surface area contributed by atoms with Crippen molar-refractivity contribution in [1.29, 1.82) is 0 Å². The summed E-state index contributed by atoms with van der Waals surface area (Å²) in [5, 5.41) is 2.48. The molecule has 2 saturated carbocycles. The van der Waals surface area contributed by atoms with Crippen LogP contribution >= 0.6 is 0 Å². The van der Waals surface area contributed by atoms with Gasteiger partial charge in [0.15, 0.2) is 5.78 Å². The molecule has 6 heteroatoms. The lowest BCUT2D eigenvalue weighted by Gasteiger charge is -2.58. The van der Waals surface area contributed by atoms with Crippen molar-refractivity contribution >= 4 is 17.6 Å². The van der Waals surface area contributed by atoms with E-state index in [9.17, 15) is 14.4 Å². The van der Waals surface area contributed by atoms with Crippen LogP contribution in [0.15, 0.2) is 36.9 Å². The minimum absolute atomic E-state index is 0.0259. The normalized spacial score (nSPS) is 47.1. The zero-order valence-electron chi connectivity index (χ0n) is 23.5. The monoisotopic (exact) mass is 519 g/mol. The Morgan fingerprint density at radius 1 is 1.03 bits per heavy atom. The molecule has 7 rings (SSSR count). The van der Waals surface area contributed by atoms with Gasteiger partial charge in [-0.2, -0.15) is 0 Å². The molecule has 2 saturated heterocycles. The molecule has 11 atom stereocenters. The molecular formula is C32H41NO5. The lowest BCUT2D eigenvalue weighted by atomic mass is 9.54. The van der Waals surface area contributed by atoms with Crippen LogP contribution in [0.2, 0.25) is 0 Å². The number of hydrogen-bond acceptors (Lipinski definition) is 5. The lowest BCUT2D eigenvalue weighted by molar-refractivity contribution is -0.239. The molecule has 6 aliphatic rings. The SMILES string of the molecule is C=C[C@@]1(C)OC(C)(C)C2C3C(Oc4ccc(cc4)CC4C(=O)NC(=O)C4C(=O)C31)C1C(C)CC(C)CC12C. The van der Waals surface area contributed by atoms with Gasteiger partial charge in [-0.05, 0) is 75.0 Å². The zero-order valence-corrected chi connectivity index (χ0v) is 23.5. The quantitative estimate of drug-likeness (QED) is 0.329. The minimum atomic E-state index is -1.05. The highest BCUT2D eigenvalue weighted by atomic mass is 16.5. The summed E-state index contributed by atoms with van der Waals surface area (Å²) in [6, 6.07) is 7.89. The number of ether oxygens (including phenoxy) is 2. The third-order valence-corrected chi connectivity index (χ3v) is 10.9. The van der Waals surface area contributed by atoms with E-state index >= 15 is 0 Å². The van der Waals surface area contributed by atoms with E-state index in [4.69, 9.17) is 9.47 Å². The van der Waals surface area contributed by atoms with Gasteiger partial charge in [0.05, 0.1) is 23.0 Å². The van der Waals surface area contributed by atoms with E-state index in [1.165, 1.54) is 0 Å². The fourth-order valence-electron chi connectivity index (χ4n) is 10.3. The number of carbonyl (C=O) groups excluding carboxylic acids is 3. The molecule has 4 fully saturated rings. The molecule has 38 heavy (non-hydrogen) atoms. The molecule has 6 nitrogen and oxygen atoms in total. The smallest absolute Gasteiger partial charge is 0.237 e. The second kappa shape index (κ2) is 8.27. The van der Waals surface area contributed by atoms with Gasteiger partial charge >= 0.3 is 0 Å². The number of nitrogens with one attached hydrogen (secondary N) is 1. The minimum Gasteiger partial charge on any atom is -0.490 e. The number of imide groups is 1. The Morgan fingerprint density at radius 2 is 1.71 bits per heavy atom. The van der Waals surface area contributed by atoms with E-state index in [0.717, 1.165) is 24.2 Å². The first-order valence-corrected chi connectivity index (χ1v) is 14.3. The summed E-state index contributed by atoms with van der Waals surface area (Å²) in [4.78, 5) is 41.0. The molecule has 0 aromatic heterocycles. The summed E-state index contributed by atoms with van der Waals surface area (Å²) in [5.74, 6) is -1.74. The average molecular weight is 520 g/mol. The summed E-state index contributed by atoms with van der Waals surface area (Å²) in [6.07, 6.45) is 3.98. The highest BCUT2D eigenvalue weighted by Crippen LogP contribution is 2.69. The Bertz CT molecular complexity index is 1200. The topological polar surface area (TPSA) is 81.7 Å². The Morgan fingerprint density at radius 3 is 2.37 bits per heavy atom. The van der Waals surface area contributed by atoms with Crippen molar-refractivity contribution < 1.29 is 23.9 Å². The van der Waals surface area contributed by atoms with Gasteiger partial charge in [-0.1, -0.05) is 39.0 Å². The maximum absolute atomic E-state index is 14.8. The number of benzene rings is 1. The maximum atomic E-state index is 14.8. The molecule has 2 aliphatic carbocycles. The van der Waals surface area contributed by atoms with Gasteiger partial charge in [0.25, 0.3) is 0 Å². The Kier molecular flexibility index (Phi) is 5.61. The van der Waals surface area contributed by atoms with Crippen molar-refractivity contribution in [3.63, 3.8) is 0 Å². The highest BCUT2D eigenvalue weighted by Gasteiger charge is 2.73. The number of rotatable bonds is 1. The van der Waals surface area contributed by atoms with E-state index in [2.05, 4.69) is 46.5 Å². The largest absolute Gasteiger partial charge is 0.490 e. The van der Waals surface area contributed by atoms with Crippen LogP contribution in [-0.2, 0) is 25.5 Å². The Balaban J connectivity index is 1.61. The third kappa shape index (κ3) is 3.44. The van der Waals surface area contributed by atoms with Crippen molar-refractivity contribution in [2.75, 3.05) is 0 Å². The number of carbonyl (C=O) groups is 3. The van der Waals surface area contributed by atoms with E-state index in [1.807, 2.05) is 31.2 Å². The predicted octanol–water partition coefficient (Wildman–Crippen LogP) is 4.75. The number of Topliss-reactive ketones (excluding diaryl/α,β-unsaturated/α-hetero) is 1. The molecule has 1 N–H and O–H groups in total. The molecule has 0 spiro atoms. The standard InChI is InChI=1S/C32H41NO5/c1-8-32(7)24-22-26(23-17(3)13-16(2)15-31(23,6)27(22)30(4,5)38-32)37-19-11-9-18(10-12-19)14-20-21(25(24)34)29(36)33-28(20)35/h8-12,16-17,20-24,26-27H,1,13-15H2,2-7H3,(H,33,35,36)/t16?,17?,20?,21?,22?,23?,24?,26?,27?,31?,32-/m1/s1. The predicted molar refractivity (Wildman–Crippen MR) is 143 cm³/mol.